The van der Waals surface area contributed by atoms with Crippen LogP contribution in [0.15, 0.2) is 121 Å². The number of halogens is 1. The van der Waals surface area contributed by atoms with Gasteiger partial charge in [-0.3, -0.25) is 9.59 Å². The molecule has 4 aromatic rings. The molecule has 5 aliphatic rings. The molecule has 4 unspecified atom stereocenters. The summed E-state index contributed by atoms with van der Waals surface area (Å²) >= 11 is 0. The summed E-state index contributed by atoms with van der Waals surface area (Å²) in [6.45, 7) is 19.8. The van der Waals surface area contributed by atoms with Crippen molar-refractivity contribution in [3.63, 3.8) is 0 Å². The van der Waals surface area contributed by atoms with Gasteiger partial charge >= 0.3 is 11.9 Å². The largest absolute Gasteiger partial charge is 1.00 e. The van der Waals surface area contributed by atoms with Gasteiger partial charge in [0.1, 0.15) is 35.9 Å². The smallest absolute Gasteiger partial charge is 0.312 e. The van der Waals surface area contributed by atoms with E-state index in [9.17, 15) is 9.59 Å². The SMILES string of the molecule is CC(=O)O[C@H]1[C@@H](CCC[P+](c2ccccc2)(c2ccccc2)c2ccccc2)C[C@@]2(C)C(CC[C@]3(C)C2CCC2C4[C@H](C(C)C)CC[C@]4(C(=O)OCc4ccccc4)CC[C@]23C)C1(C)C.[I-]. The predicted octanol–water partition coefficient (Wildman–Crippen LogP) is 10.4. The van der Waals surface area contributed by atoms with Crippen LogP contribution in [0.25, 0.3) is 0 Å². The Kier molecular flexibility index (Phi) is 14.3. The molecule has 0 bridgehead atoms. The van der Waals surface area contributed by atoms with E-state index < -0.39 is 7.26 Å². The third kappa shape index (κ3) is 8.06. The summed E-state index contributed by atoms with van der Waals surface area (Å²) in [5, 5.41) is 4.29. The molecule has 0 saturated heterocycles. The highest BCUT2D eigenvalue weighted by molar-refractivity contribution is 7.95. The van der Waals surface area contributed by atoms with Crippen molar-refractivity contribution in [1.29, 1.82) is 0 Å². The molecule has 4 nitrogen and oxygen atoms in total. The molecule has 0 N–H and O–H groups in total. The maximum Gasteiger partial charge on any atom is 0.312 e. The molecular formula is C60H78IO4P. The number of hydrogen-bond acceptors (Lipinski definition) is 4. The Bertz CT molecular complexity index is 2190. The van der Waals surface area contributed by atoms with Crippen LogP contribution < -0.4 is 39.9 Å². The van der Waals surface area contributed by atoms with Gasteiger partial charge in [-0.15, -0.1) is 0 Å². The number of benzene rings is 4. The van der Waals surface area contributed by atoms with Gasteiger partial charge in [0.2, 0.25) is 0 Å². The lowest BCUT2D eigenvalue weighted by Crippen LogP contribution is -3.00. The molecule has 0 radical (unpaired) electrons. The lowest BCUT2D eigenvalue weighted by atomic mass is 9.31. The van der Waals surface area contributed by atoms with Crippen LogP contribution in [0.1, 0.15) is 132 Å². The van der Waals surface area contributed by atoms with Gasteiger partial charge in [0, 0.05) is 12.3 Å². The molecule has 0 heterocycles. The van der Waals surface area contributed by atoms with Crippen LogP contribution in [-0.2, 0) is 25.7 Å². The lowest BCUT2D eigenvalue weighted by Gasteiger charge is -2.73. The molecule has 9 rings (SSSR count). The molecular weight excluding hydrogens is 943 g/mol. The number of ether oxygens (including phenoxy) is 2. The fourth-order valence-electron chi connectivity index (χ4n) is 17.1. The van der Waals surface area contributed by atoms with Crippen molar-refractivity contribution < 1.29 is 43.0 Å². The topological polar surface area (TPSA) is 52.6 Å². The zero-order valence-electron chi connectivity index (χ0n) is 41.3. The number of fused-ring (bicyclic) bond motifs is 7. The molecule has 5 fully saturated rings. The van der Waals surface area contributed by atoms with Crippen molar-refractivity contribution >= 4 is 35.1 Å². The van der Waals surface area contributed by atoms with Crippen LogP contribution in [0.2, 0.25) is 0 Å². The first kappa shape index (κ1) is 49.4. The van der Waals surface area contributed by atoms with Gasteiger partial charge in [0.15, 0.2) is 0 Å². The highest BCUT2D eigenvalue weighted by Crippen LogP contribution is 2.78. The second-order valence-electron chi connectivity index (χ2n) is 23.4. The Morgan fingerprint density at radius 2 is 1.23 bits per heavy atom. The molecule has 0 aliphatic heterocycles. The van der Waals surface area contributed by atoms with Crippen LogP contribution in [0.5, 0.6) is 0 Å². The van der Waals surface area contributed by atoms with Crippen molar-refractivity contribution in [2.75, 3.05) is 6.16 Å². The van der Waals surface area contributed by atoms with E-state index in [1.54, 1.807) is 6.92 Å². The normalized spacial score (nSPS) is 34.4. The Labute approximate surface area is 415 Å². The van der Waals surface area contributed by atoms with Gasteiger partial charge in [0.05, 0.1) is 11.6 Å². The number of rotatable bonds is 12. The summed E-state index contributed by atoms with van der Waals surface area (Å²) in [5.41, 5.74) is 0.907. The summed E-state index contributed by atoms with van der Waals surface area (Å²) in [6.07, 6.45) is 13.1. The molecule has 4 aromatic carbocycles. The Morgan fingerprint density at radius 1 is 0.667 bits per heavy atom. The van der Waals surface area contributed by atoms with E-state index in [1.807, 2.05) is 18.2 Å². The molecule has 0 aromatic heterocycles. The highest BCUT2D eigenvalue weighted by Gasteiger charge is 2.73. The fraction of sp³-hybridized carbons (Fsp3) is 0.567. The van der Waals surface area contributed by atoms with Crippen molar-refractivity contribution in [3.8, 4) is 0 Å². The van der Waals surface area contributed by atoms with Crippen LogP contribution in [0, 0.1) is 68.5 Å². The van der Waals surface area contributed by atoms with Crippen LogP contribution in [-0.4, -0.2) is 24.2 Å². The zero-order chi connectivity index (χ0) is 45.8. The summed E-state index contributed by atoms with van der Waals surface area (Å²) in [4.78, 5) is 27.8. The number of esters is 2. The quantitative estimate of drug-likeness (QED) is 0.0806. The maximum atomic E-state index is 14.7. The van der Waals surface area contributed by atoms with E-state index in [1.165, 1.54) is 35.2 Å². The Morgan fingerprint density at radius 3 is 1.77 bits per heavy atom. The monoisotopic (exact) mass is 1020 g/mol. The van der Waals surface area contributed by atoms with Crippen molar-refractivity contribution in [1.82, 2.24) is 0 Å². The first-order valence-electron chi connectivity index (χ1n) is 25.6. The predicted molar refractivity (Wildman–Crippen MR) is 269 cm³/mol. The van der Waals surface area contributed by atoms with E-state index in [4.69, 9.17) is 9.47 Å². The molecule has 5 aliphatic carbocycles. The number of carbonyl (C=O) groups is 2. The molecule has 66 heavy (non-hydrogen) atoms. The van der Waals surface area contributed by atoms with Gasteiger partial charge < -0.3 is 33.5 Å². The summed E-state index contributed by atoms with van der Waals surface area (Å²) in [7, 11) is -2.00. The zero-order valence-corrected chi connectivity index (χ0v) is 44.4. The molecule has 5 saturated carbocycles. The van der Waals surface area contributed by atoms with E-state index >= 15 is 0 Å². The van der Waals surface area contributed by atoms with E-state index in [-0.39, 0.29) is 75.0 Å². The summed E-state index contributed by atoms with van der Waals surface area (Å²) in [5.74, 6) is 3.17. The fourth-order valence-corrected chi connectivity index (χ4v) is 21.5. The van der Waals surface area contributed by atoms with Gasteiger partial charge in [-0.2, -0.15) is 0 Å². The van der Waals surface area contributed by atoms with Gasteiger partial charge in [-0.05, 0) is 170 Å². The molecule has 11 atom stereocenters. The van der Waals surface area contributed by atoms with E-state index in [0.717, 1.165) is 63.1 Å². The summed E-state index contributed by atoms with van der Waals surface area (Å²) < 4.78 is 13.0. The number of carbonyl (C=O) groups excluding carboxylic acids is 2. The van der Waals surface area contributed by atoms with E-state index in [2.05, 4.69) is 152 Å². The third-order valence-corrected chi connectivity index (χ3v) is 24.5. The third-order valence-electron chi connectivity index (χ3n) is 19.9. The Hall–Kier alpha value is -3.02. The average Bonchev–Trinajstić information content (AvgIpc) is 3.71. The van der Waals surface area contributed by atoms with Crippen molar-refractivity contribution in [2.24, 2.45) is 68.5 Å². The average molecular weight is 1020 g/mol. The lowest BCUT2D eigenvalue weighted by molar-refractivity contribution is -0.261. The van der Waals surface area contributed by atoms with E-state index in [0.29, 0.717) is 42.1 Å². The van der Waals surface area contributed by atoms with Crippen molar-refractivity contribution in [2.45, 2.75) is 139 Å². The molecule has 0 amide bonds. The Balaban J connectivity index is 0.00000592. The molecule has 354 valence electrons. The van der Waals surface area contributed by atoms with Crippen LogP contribution in [0.4, 0.5) is 0 Å². The maximum absolute atomic E-state index is 14.7. The van der Waals surface area contributed by atoms with Gasteiger partial charge in [0.25, 0.3) is 0 Å². The standard InChI is InChI=1S/C60H78O4P.HI/c1-42(2)49-33-36-60(55(62)63-41-44-22-13-9-14-23-44)38-37-58(7)50(53(49)60)31-32-52-57(6)40-45(54(64-43(3)61)56(4,5)51(57)34-35-59(52,58)8)24-21-39-65(46-25-15-10-16-26-46,47-27-17-11-18-28-47)48-29-19-12-20-30-48;/h9-20,22-23,25-30,42,45,49-54H,21,24,31-41H2,1-8H3;1H/q+1;/p-1/t45-,49-,50?,51?,52?,53?,54-,57-,58+,59+,60-;/m0./s1. The highest BCUT2D eigenvalue weighted by atomic mass is 127. The minimum atomic E-state index is -2.00. The second-order valence-corrected chi connectivity index (χ2v) is 27.0. The second kappa shape index (κ2) is 19.1. The van der Waals surface area contributed by atoms with Gasteiger partial charge in [-0.25, -0.2) is 0 Å². The number of hydrogen-bond donors (Lipinski definition) is 0. The minimum absolute atomic E-state index is 0. The summed E-state index contributed by atoms with van der Waals surface area (Å²) in [6, 6.07) is 44.2. The minimum Gasteiger partial charge on any atom is -1.00 e. The van der Waals surface area contributed by atoms with Gasteiger partial charge in [-0.1, -0.05) is 133 Å². The molecule has 6 heteroatoms. The van der Waals surface area contributed by atoms with Crippen molar-refractivity contribution in [3.05, 3.63) is 127 Å². The first-order chi connectivity index (χ1) is 31.1. The van der Waals surface area contributed by atoms with Crippen LogP contribution in [0.3, 0.4) is 0 Å². The molecule has 0 spiro atoms. The first-order valence-corrected chi connectivity index (χ1v) is 27.5. The van der Waals surface area contributed by atoms with Crippen LogP contribution >= 0.6 is 7.26 Å².